The third-order valence-electron chi connectivity index (χ3n) is 2.32. The molecule has 0 aliphatic rings. The molecule has 0 aliphatic carbocycles. The maximum atomic E-state index is 4.30. The molecule has 0 saturated heterocycles. The van der Waals surface area contributed by atoms with E-state index >= 15 is 0 Å². The van der Waals surface area contributed by atoms with Gasteiger partial charge >= 0.3 is 0 Å². The number of hydrogen-bond acceptors (Lipinski definition) is 4. The number of aryl methyl sites for hydroxylation is 1. The third-order valence-corrected chi connectivity index (χ3v) is 3.19. The minimum absolute atomic E-state index is 0.875. The topological polar surface area (TPSA) is 37.0 Å². The molecule has 88 valence electrons. The van der Waals surface area contributed by atoms with Crippen LogP contribution in [0.5, 0.6) is 0 Å². The van der Waals surface area contributed by atoms with E-state index in [1.165, 1.54) is 11.1 Å². The van der Waals surface area contributed by atoms with Gasteiger partial charge in [-0.1, -0.05) is 30.3 Å². The highest BCUT2D eigenvalue weighted by atomic mass is 32.1. The lowest BCUT2D eigenvalue weighted by molar-refractivity contribution is 1.04. The van der Waals surface area contributed by atoms with Gasteiger partial charge in [0.15, 0.2) is 0 Å². The lowest BCUT2D eigenvalue weighted by Gasteiger charge is -2.04. The number of rotatable bonds is 4. The SMILES string of the molecule is CC(=CNNc1nc(C)cs1)c1ccccc1. The molecule has 4 heteroatoms. The average Bonchev–Trinajstić information content (AvgIpc) is 2.76. The highest BCUT2D eigenvalue weighted by Crippen LogP contribution is 2.14. The number of hydrazine groups is 1. The van der Waals surface area contributed by atoms with Crippen molar-refractivity contribution in [3.8, 4) is 0 Å². The van der Waals surface area contributed by atoms with Gasteiger partial charge in [0, 0.05) is 11.6 Å². The second kappa shape index (κ2) is 5.50. The zero-order chi connectivity index (χ0) is 12.1. The van der Waals surface area contributed by atoms with Crippen molar-refractivity contribution >= 4 is 22.0 Å². The van der Waals surface area contributed by atoms with Crippen LogP contribution >= 0.6 is 11.3 Å². The van der Waals surface area contributed by atoms with Gasteiger partial charge in [0.25, 0.3) is 0 Å². The molecule has 2 rings (SSSR count). The van der Waals surface area contributed by atoms with E-state index in [1.807, 2.05) is 36.7 Å². The molecular formula is C13H15N3S. The van der Waals surface area contributed by atoms with Crippen LogP contribution in [0, 0.1) is 6.92 Å². The van der Waals surface area contributed by atoms with Crippen LogP contribution < -0.4 is 10.9 Å². The van der Waals surface area contributed by atoms with E-state index in [0.717, 1.165) is 10.8 Å². The van der Waals surface area contributed by atoms with Crippen LogP contribution in [-0.2, 0) is 0 Å². The van der Waals surface area contributed by atoms with E-state index in [4.69, 9.17) is 0 Å². The normalized spacial score (nSPS) is 11.3. The van der Waals surface area contributed by atoms with E-state index in [1.54, 1.807) is 11.3 Å². The van der Waals surface area contributed by atoms with Crippen molar-refractivity contribution in [2.24, 2.45) is 0 Å². The fourth-order valence-corrected chi connectivity index (χ4v) is 2.05. The molecule has 3 nitrogen and oxygen atoms in total. The first-order valence-electron chi connectivity index (χ1n) is 5.41. The fraction of sp³-hybridized carbons (Fsp3) is 0.154. The van der Waals surface area contributed by atoms with Crippen molar-refractivity contribution in [2.75, 3.05) is 5.43 Å². The van der Waals surface area contributed by atoms with Crippen molar-refractivity contribution < 1.29 is 0 Å². The zero-order valence-corrected chi connectivity index (χ0v) is 10.7. The Hall–Kier alpha value is -1.81. The van der Waals surface area contributed by atoms with Gasteiger partial charge in [-0.3, -0.25) is 5.43 Å². The molecule has 0 unspecified atom stereocenters. The van der Waals surface area contributed by atoms with Crippen molar-refractivity contribution in [1.29, 1.82) is 0 Å². The Morgan fingerprint density at radius 1 is 1.29 bits per heavy atom. The summed E-state index contributed by atoms with van der Waals surface area (Å²) in [4.78, 5) is 4.30. The van der Waals surface area contributed by atoms with E-state index in [2.05, 4.69) is 34.9 Å². The molecule has 0 amide bonds. The minimum atomic E-state index is 0.875. The Morgan fingerprint density at radius 2 is 2.06 bits per heavy atom. The fourth-order valence-electron chi connectivity index (χ4n) is 1.40. The second-order valence-corrected chi connectivity index (χ2v) is 4.61. The molecule has 0 atom stereocenters. The van der Waals surface area contributed by atoms with E-state index < -0.39 is 0 Å². The van der Waals surface area contributed by atoms with Gasteiger partial charge in [0.05, 0.1) is 5.69 Å². The van der Waals surface area contributed by atoms with Gasteiger partial charge in [-0.2, -0.15) is 0 Å². The summed E-state index contributed by atoms with van der Waals surface area (Å²) < 4.78 is 0. The summed E-state index contributed by atoms with van der Waals surface area (Å²) in [5, 5.41) is 2.89. The molecule has 1 aromatic heterocycles. The number of aromatic nitrogens is 1. The quantitative estimate of drug-likeness (QED) is 0.810. The molecular weight excluding hydrogens is 230 g/mol. The van der Waals surface area contributed by atoms with Gasteiger partial charge in [-0.15, -0.1) is 11.3 Å². The van der Waals surface area contributed by atoms with Gasteiger partial charge in [-0.05, 0) is 25.0 Å². The highest BCUT2D eigenvalue weighted by molar-refractivity contribution is 7.13. The van der Waals surface area contributed by atoms with Gasteiger partial charge in [0.2, 0.25) is 5.13 Å². The average molecular weight is 245 g/mol. The first-order chi connectivity index (χ1) is 8.25. The molecule has 0 aliphatic heterocycles. The molecule has 0 spiro atoms. The Kier molecular flexibility index (Phi) is 3.77. The number of thiazole rings is 1. The summed E-state index contributed by atoms with van der Waals surface area (Å²) in [5.41, 5.74) is 9.51. The number of nitrogens with zero attached hydrogens (tertiary/aromatic N) is 1. The number of hydrogen-bond donors (Lipinski definition) is 2. The monoisotopic (exact) mass is 245 g/mol. The Bertz CT molecular complexity index is 502. The molecule has 1 heterocycles. The van der Waals surface area contributed by atoms with Crippen LogP contribution in [0.2, 0.25) is 0 Å². The van der Waals surface area contributed by atoms with Crippen molar-refractivity contribution in [1.82, 2.24) is 10.4 Å². The van der Waals surface area contributed by atoms with Gasteiger partial charge in [0.1, 0.15) is 0 Å². The Morgan fingerprint density at radius 3 is 2.71 bits per heavy atom. The van der Waals surface area contributed by atoms with Crippen molar-refractivity contribution in [3.63, 3.8) is 0 Å². The third kappa shape index (κ3) is 3.32. The van der Waals surface area contributed by atoms with Crippen LogP contribution in [0.25, 0.3) is 5.57 Å². The van der Waals surface area contributed by atoms with Gasteiger partial charge < -0.3 is 5.43 Å². The maximum Gasteiger partial charge on any atom is 0.201 e. The smallest absolute Gasteiger partial charge is 0.201 e. The largest absolute Gasteiger partial charge is 0.306 e. The van der Waals surface area contributed by atoms with Crippen molar-refractivity contribution in [2.45, 2.75) is 13.8 Å². The molecule has 0 radical (unpaired) electrons. The first-order valence-corrected chi connectivity index (χ1v) is 6.29. The van der Waals surface area contributed by atoms with Crippen LogP contribution in [0.1, 0.15) is 18.2 Å². The summed E-state index contributed by atoms with van der Waals surface area (Å²) in [5.74, 6) is 0. The summed E-state index contributed by atoms with van der Waals surface area (Å²) in [7, 11) is 0. The number of allylic oxidation sites excluding steroid dienone is 1. The molecule has 0 bridgehead atoms. The van der Waals surface area contributed by atoms with E-state index in [0.29, 0.717) is 0 Å². The first kappa shape index (κ1) is 11.7. The molecule has 0 saturated carbocycles. The van der Waals surface area contributed by atoms with Crippen LogP contribution in [0.4, 0.5) is 5.13 Å². The van der Waals surface area contributed by atoms with Crippen LogP contribution in [0.15, 0.2) is 41.9 Å². The molecule has 0 fully saturated rings. The van der Waals surface area contributed by atoms with E-state index in [9.17, 15) is 0 Å². The Labute approximate surface area is 105 Å². The maximum absolute atomic E-state index is 4.30. The van der Waals surface area contributed by atoms with Crippen LogP contribution in [0.3, 0.4) is 0 Å². The van der Waals surface area contributed by atoms with Gasteiger partial charge in [-0.25, -0.2) is 4.98 Å². The predicted octanol–water partition coefficient (Wildman–Crippen LogP) is 3.43. The zero-order valence-electron chi connectivity index (χ0n) is 9.90. The predicted molar refractivity (Wildman–Crippen MR) is 73.7 cm³/mol. The Balaban J connectivity index is 1.93. The summed E-state index contributed by atoms with van der Waals surface area (Å²) in [6.45, 7) is 4.05. The standard InChI is InChI=1S/C13H15N3S/c1-10(12-6-4-3-5-7-12)8-14-16-13-15-11(2)9-17-13/h3-9,14H,1-2H3,(H,15,16). The summed E-state index contributed by atoms with van der Waals surface area (Å²) in [6.07, 6.45) is 1.94. The number of anilines is 1. The lowest BCUT2D eigenvalue weighted by atomic mass is 10.1. The highest BCUT2D eigenvalue weighted by Gasteiger charge is 1.96. The summed E-state index contributed by atoms with van der Waals surface area (Å²) >= 11 is 1.58. The number of nitrogens with one attached hydrogen (secondary N) is 2. The van der Waals surface area contributed by atoms with E-state index in [-0.39, 0.29) is 0 Å². The molecule has 2 aromatic rings. The molecule has 1 aromatic carbocycles. The van der Waals surface area contributed by atoms with Crippen molar-refractivity contribution in [3.05, 3.63) is 53.2 Å². The molecule has 17 heavy (non-hydrogen) atoms. The molecule has 2 N–H and O–H groups in total. The lowest BCUT2D eigenvalue weighted by Crippen LogP contribution is -2.14. The summed E-state index contributed by atoms with van der Waals surface area (Å²) in [6, 6.07) is 10.2. The second-order valence-electron chi connectivity index (χ2n) is 3.76. The van der Waals surface area contributed by atoms with Crippen LogP contribution in [-0.4, -0.2) is 4.98 Å². The minimum Gasteiger partial charge on any atom is -0.306 e. The number of benzene rings is 1.